The summed E-state index contributed by atoms with van der Waals surface area (Å²) in [6.07, 6.45) is 0. The molecule has 0 amide bonds. The molecule has 1 aliphatic rings. The number of nitrogens with zero attached hydrogens (tertiary/aromatic N) is 2. The smallest absolute Gasteiger partial charge is 0.0600 e. The summed E-state index contributed by atoms with van der Waals surface area (Å²) >= 11 is 2.39. The van der Waals surface area contributed by atoms with E-state index >= 15 is 0 Å². The monoisotopic (exact) mass is 312 g/mol. The zero-order valence-electron chi connectivity index (χ0n) is 9.42. The number of hydrogen-bond donors (Lipinski definition) is 0. The van der Waals surface area contributed by atoms with Gasteiger partial charge in [0.15, 0.2) is 0 Å². The summed E-state index contributed by atoms with van der Waals surface area (Å²) < 4.78 is 8.05. The quantitative estimate of drug-likeness (QED) is 0.583. The third kappa shape index (κ3) is 5.48. The van der Waals surface area contributed by atoms with Crippen molar-refractivity contribution in [3.05, 3.63) is 0 Å². The molecule has 0 spiro atoms. The molecule has 1 saturated heterocycles. The molecule has 0 bridgehead atoms. The van der Waals surface area contributed by atoms with Crippen LogP contribution in [0.25, 0.3) is 0 Å². The minimum absolute atomic E-state index is 0.00504. The van der Waals surface area contributed by atoms with Gasteiger partial charge >= 0.3 is 0 Å². The molecule has 0 aromatic rings. The van der Waals surface area contributed by atoms with Gasteiger partial charge in [-0.2, -0.15) is 0 Å². The molecule has 0 saturated carbocycles. The molecule has 14 heavy (non-hydrogen) atoms. The summed E-state index contributed by atoms with van der Waals surface area (Å²) in [5.41, 5.74) is 0.00504. The Bertz CT molecular complexity index is 162. The SMILES string of the molecule is CC(C)(C)OCCN1CCN(I)CC1. The molecular weight excluding hydrogens is 291 g/mol. The summed E-state index contributed by atoms with van der Waals surface area (Å²) in [6, 6.07) is 0. The fourth-order valence-electron chi connectivity index (χ4n) is 1.43. The molecule has 4 heteroatoms. The van der Waals surface area contributed by atoms with Crippen LogP contribution >= 0.6 is 22.9 Å². The molecule has 0 aromatic heterocycles. The van der Waals surface area contributed by atoms with E-state index in [1.54, 1.807) is 0 Å². The van der Waals surface area contributed by atoms with Gasteiger partial charge in [0, 0.05) is 55.6 Å². The summed E-state index contributed by atoms with van der Waals surface area (Å²) in [7, 11) is 0. The van der Waals surface area contributed by atoms with Crippen LogP contribution in [0.5, 0.6) is 0 Å². The predicted molar refractivity (Wildman–Crippen MR) is 67.7 cm³/mol. The molecule has 1 rings (SSSR count). The van der Waals surface area contributed by atoms with Crippen LogP contribution in [0.1, 0.15) is 20.8 Å². The summed E-state index contributed by atoms with van der Waals surface area (Å²) in [5, 5.41) is 0. The van der Waals surface area contributed by atoms with Gasteiger partial charge in [-0.25, -0.2) is 3.11 Å². The zero-order chi connectivity index (χ0) is 10.6. The first-order chi connectivity index (χ1) is 6.47. The molecule has 84 valence electrons. The second kappa shape index (κ2) is 5.63. The van der Waals surface area contributed by atoms with Gasteiger partial charge in [-0.1, -0.05) is 0 Å². The van der Waals surface area contributed by atoms with Crippen molar-refractivity contribution < 1.29 is 4.74 Å². The Labute approximate surface area is 101 Å². The summed E-state index contributed by atoms with van der Waals surface area (Å²) in [4.78, 5) is 2.47. The van der Waals surface area contributed by atoms with Gasteiger partial charge in [0.1, 0.15) is 0 Å². The van der Waals surface area contributed by atoms with Crippen molar-refractivity contribution in [1.29, 1.82) is 0 Å². The van der Waals surface area contributed by atoms with E-state index in [1.807, 2.05) is 0 Å². The average Bonchev–Trinajstić information content (AvgIpc) is 2.06. The Balaban J connectivity index is 2.08. The Morgan fingerprint density at radius 3 is 2.21 bits per heavy atom. The Morgan fingerprint density at radius 1 is 1.14 bits per heavy atom. The van der Waals surface area contributed by atoms with Crippen LogP contribution < -0.4 is 0 Å². The van der Waals surface area contributed by atoms with Gasteiger partial charge in [-0.05, 0) is 20.8 Å². The molecule has 1 heterocycles. The molecule has 0 radical (unpaired) electrons. The third-order valence-corrected chi connectivity index (χ3v) is 3.23. The van der Waals surface area contributed by atoms with Crippen LogP contribution in [0.3, 0.4) is 0 Å². The first-order valence-electron chi connectivity index (χ1n) is 5.24. The van der Waals surface area contributed by atoms with E-state index in [1.165, 1.54) is 26.2 Å². The highest BCUT2D eigenvalue weighted by Crippen LogP contribution is 2.08. The van der Waals surface area contributed by atoms with Crippen LogP contribution in [-0.4, -0.2) is 52.9 Å². The summed E-state index contributed by atoms with van der Waals surface area (Å²) in [6.45, 7) is 13.0. The molecule has 0 unspecified atom stereocenters. The summed E-state index contributed by atoms with van der Waals surface area (Å²) in [5.74, 6) is 0. The molecule has 0 N–H and O–H groups in total. The number of piperazine rings is 1. The van der Waals surface area contributed by atoms with E-state index < -0.39 is 0 Å². The van der Waals surface area contributed by atoms with Crippen molar-refractivity contribution in [3.63, 3.8) is 0 Å². The van der Waals surface area contributed by atoms with E-state index in [-0.39, 0.29) is 5.60 Å². The molecule has 1 fully saturated rings. The topological polar surface area (TPSA) is 15.7 Å². The predicted octanol–water partition coefficient (Wildman–Crippen LogP) is 1.77. The molecule has 3 nitrogen and oxygen atoms in total. The maximum absolute atomic E-state index is 5.70. The Hall–Kier alpha value is 0.610. The first-order valence-corrected chi connectivity index (χ1v) is 6.21. The highest BCUT2D eigenvalue weighted by Gasteiger charge is 2.15. The number of ether oxygens (including phenoxy) is 1. The lowest BCUT2D eigenvalue weighted by molar-refractivity contribution is -0.0151. The van der Waals surface area contributed by atoms with E-state index in [9.17, 15) is 0 Å². The van der Waals surface area contributed by atoms with Crippen LogP contribution in [0.4, 0.5) is 0 Å². The lowest BCUT2D eigenvalue weighted by atomic mass is 10.2. The fourth-order valence-corrected chi connectivity index (χ4v) is 1.86. The van der Waals surface area contributed by atoms with Gasteiger partial charge < -0.3 is 4.74 Å². The molecule has 0 aliphatic carbocycles. The minimum atomic E-state index is 0.00504. The van der Waals surface area contributed by atoms with Crippen molar-refractivity contribution >= 4 is 22.9 Å². The van der Waals surface area contributed by atoms with Crippen LogP contribution in [0.15, 0.2) is 0 Å². The van der Waals surface area contributed by atoms with Gasteiger partial charge in [-0.15, -0.1) is 0 Å². The third-order valence-electron chi connectivity index (χ3n) is 2.26. The number of hydrogen-bond acceptors (Lipinski definition) is 3. The van der Waals surface area contributed by atoms with Gasteiger partial charge in [-0.3, -0.25) is 4.90 Å². The largest absolute Gasteiger partial charge is 0.375 e. The van der Waals surface area contributed by atoms with Crippen LogP contribution in [-0.2, 0) is 4.74 Å². The van der Waals surface area contributed by atoms with Crippen LogP contribution in [0, 0.1) is 0 Å². The van der Waals surface area contributed by atoms with Crippen molar-refractivity contribution in [1.82, 2.24) is 8.01 Å². The minimum Gasteiger partial charge on any atom is -0.375 e. The second-order valence-electron chi connectivity index (χ2n) is 4.71. The fraction of sp³-hybridized carbons (Fsp3) is 1.00. The Morgan fingerprint density at radius 2 is 1.71 bits per heavy atom. The number of halogens is 1. The maximum atomic E-state index is 5.70. The van der Waals surface area contributed by atoms with E-state index in [0.29, 0.717) is 0 Å². The van der Waals surface area contributed by atoms with E-state index in [4.69, 9.17) is 4.74 Å². The molecular formula is C10H21IN2O. The highest BCUT2D eigenvalue weighted by atomic mass is 127. The lowest BCUT2D eigenvalue weighted by Crippen LogP contribution is -2.43. The van der Waals surface area contributed by atoms with E-state index in [2.05, 4.69) is 51.6 Å². The van der Waals surface area contributed by atoms with Crippen molar-refractivity contribution in [2.45, 2.75) is 26.4 Å². The molecule has 0 atom stereocenters. The molecule has 1 aliphatic heterocycles. The standard InChI is InChI=1S/C10H21IN2O/c1-10(2,3)14-9-8-12-4-6-13(11)7-5-12/h4-9H2,1-3H3. The van der Waals surface area contributed by atoms with Crippen LogP contribution in [0.2, 0.25) is 0 Å². The van der Waals surface area contributed by atoms with E-state index in [0.717, 1.165) is 13.2 Å². The molecule has 0 aromatic carbocycles. The zero-order valence-corrected chi connectivity index (χ0v) is 11.6. The highest BCUT2D eigenvalue weighted by molar-refractivity contribution is 14.1. The average molecular weight is 312 g/mol. The van der Waals surface area contributed by atoms with Crippen molar-refractivity contribution in [2.75, 3.05) is 39.3 Å². The van der Waals surface area contributed by atoms with Crippen molar-refractivity contribution in [3.8, 4) is 0 Å². The Kier molecular flexibility index (Phi) is 5.10. The first kappa shape index (κ1) is 12.7. The van der Waals surface area contributed by atoms with Gasteiger partial charge in [0.05, 0.1) is 12.2 Å². The lowest BCUT2D eigenvalue weighted by Gasteiger charge is -2.31. The second-order valence-corrected chi connectivity index (χ2v) is 6.08. The van der Waals surface area contributed by atoms with Gasteiger partial charge in [0.2, 0.25) is 0 Å². The van der Waals surface area contributed by atoms with Gasteiger partial charge in [0.25, 0.3) is 0 Å². The number of rotatable bonds is 3. The van der Waals surface area contributed by atoms with Crippen molar-refractivity contribution in [2.24, 2.45) is 0 Å². The normalized spacial score (nSPS) is 21.4. The maximum Gasteiger partial charge on any atom is 0.0600 e.